The van der Waals surface area contributed by atoms with Gasteiger partial charge in [0.25, 0.3) is 0 Å². The largest absolute Gasteiger partial charge is 0.356 e. The van der Waals surface area contributed by atoms with Crippen molar-refractivity contribution < 1.29 is 14.1 Å². The van der Waals surface area contributed by atoms with Gasteiger partial charge in [-0.15, -0.1) is 0 Å². The molecule has 1 aromatic carbocycles. The summed E-state index contributed by atoms with van der Waals surface area (Å²) in [5.41, 5.74) is 1.85. The molecule has 1 aromatic heterocycles. The van der Waals surface area contributed by atoms with Gasteiger partial charge in [-0.05, 0) is 12.0 Å². The van der Waals surface area contributed by atoms with E-state index in [0.717, 1.165) is 11.1 Å². The molecule has 2 aromatic rings. The molecule has 1 heterocycles. The summed E-state index contributed by atoms with van der Waals surface area (Å²) in [4.78, 5) is 26.3. The summed E-state index contributed by atoms with van der Waals surface area (Å²) in [7, 11) is 0. The Kier molecular flexibility index (Phi) is 5.65. The predicted molar refractivity (Wildman–Crippen MR) is 79.5 cm³/mol. The van der Waals surface area contributed by atoms with Gasteiger partial charge < -0.3 is 15.2 Å². The number of benzene rings is 1. The second kappa shape index (κ2) is 7.92. The van der Waals surface area contributed by atoms with Crippen LogP contribution in [0.1, 0.15) is 25.3 Å². The van der Waals surface area contributed by atoms with E-state index in [-0.39, 0.29) is 11.8 Å². The summed E-state index contributed by atoms with van der Waals surface area (Å²) in [6.07, 6.45) is 2.30. The van der Waals surface area contributed by atoms with Gasteiger partial charge in [-0.3, -0.25) is 9.59 Å². The molecule has 0 unspecified atom stereocenters. The number of hydrogen-bond donors (Lipinski definition) is 2. The van der Waals surface area contributed by atoms with Gasteiger partial charge in [-0.2, -0.15) is 4.98 Å². The summed E-state index contributed by atoms with van der Waals surface area (Å²) in [5.74, 6) is 0.420. The van der Waals surface area contributed by atoms with Crippen molar-refractivity contribution in [1.29, 1.82) is 0 Å². The first-order valence-electron chi connectivity index (χ1n) is 7.02. The SMILES string of the molecule is CC(=O)NCCCC(=O)NCc1ccc(-c2ncon2)cc1. The quantitative estimate of drug-likeness (QED) is 0.751. The predicted octanol–water partition coefficient (Wildman–Crippen LogP) is 1.27. The Morgan fingerprint density at radius 3 is 2.59 bits per heavy atom. The van der Waals surface area contributed by atoms with E-state index in [2.05, 4.69) is 20.8 Å². The van der Waals surface area contributed by atoms with Gasteiger partial charge in [0.05, 0.1) is 0 Å². The Balaban J connectivity index is 1.72. The second-order valence-electron chi connectivity index (χ2n) is 4.81. The van der Waals surface area contributed by atoms with Crippen LogP contribution in [0.4, 0.5) is 0 Å². The third-order valence-electron chi connectivity index (χ3n) is 3.02. The van der Waals surface area contributed by atoms with Crippen LogP contribution in [0, 0.1) is 0 Å². The molecule has 0 aliphatic heterocycles. The number of carbonyl (C=O) groups is 2. The van der Waals surface area contributed by atoms with Gasteiger partial charge in [0.2, 0.25) is 24.0 Å². The van der Waals surface area contributed by atoms with Crippen LogP contribution < -0.4 is 10.6 Å². The maximum Gasteiger partial charge on any atom is 0.220 e. The fourth-order valence-corrected chi connectivity index (χ4v) is 1.87. The summed E-state index contributed by atoms with van der Waals surface area (Å²) in [6, 6.07) is 7.57. The second-order valence-corrected chi connectivity index (χ2v) is 4.81. The first-order valence-corrected chi connectivity index (χ1v) is 7.02. The highest BCUT2D eigenvalue weighted by Crippen LogP contribution is 2.14. The Morgan fingerprint density at radius 2 is 1.95 bits per heavy atom. The summed E-state index contributed by atoms with van der Waals surface area (Å²) in [5, 5.41) is 9.25. The minimum atomic E-state index is -0.0814. The molecule has 0 atom stereocenters. The molecule has 2 N–H and O–H groups in total. The molecule has 2 amide bonds. The summed E-state index contributed by atoms with van der Waals surface area (Å²) >= 11 is 0. The number of nitrogens with one attached hydrogen (secondary N) is 2. The van der Waals surface area contributed by atoms with Crippen LogP contribution in [0.25, 0.3) is 11.4 Å². The van der Waals surface area contributed by atoms with Crippen LogP contribution in [-0.2, 0) is 16.1 Å². The zero-order valence-corrected chi connectivity index (χ0v) is 12.3. The van der Waals surface area contributed by atoms with Crippen molar-refractivity contribution >= 4 is 11.8 Å². The van der Waals surface area contributed by atoms with Crippen molar-refractivity contribution in [1.82, 2.24) is 20.8 Å². The molecule has 0 radical (unpaired) electrons. The highest BCUT2D eigenvalue weighted by molar-refractivity contribution is 5.76. The molecule has 0 spiro atoms. The number of rotatable bonds is 7. The Bertz CT molecular complexity index is 608. The molecule has 7 heteroatoms. The van der Waals surface area contributed by atoms with E-state index < -0.39 is 0 Å². The van der Waals surface area contributed by atoms with Gasteiger partial charge in [-0.1, -0.05) is 29.4 Å². The number of aromatic nitrogens is 2. The summed E-state index contributed by atoms with van der Waals surface area (Å²) < 4.78 is 4.70. The van der Waals surface area contributed by atoms with E-state index in [1.807, 2.05) is 24.3 Å². The van der Waals surface area contributed by atoms with Crippen LogP contribution in [0.3, 0.4) is 0 Å². The molecule has 0 bridgehead atoms. The molecule has 0 fully saturated rings. The van der Waals surface area contributed by atoms with E-state index in [4.69, 9.17) is 4.52 Å². The lowest BCUT2D eigenvalue weighted by molar-refractivity contribution is -0.122. The van der Waals surface area contributed by atoms with Gasteiger partial charge in [-0.25, -0.2) is 0 Å². The fourth-order valence-electron chi connectivity index (χ4n) is 1.87. The molecule has 7 nitrogen and oxygen atoms in total. The monoisotopic (exact) mass is 302 g/mol. The van der Waals surface area contributed by atoms with Crippen LogP contribution in [-0.4, -0.2) is 28.5 Å². The molecule has 116 valence electrons. The van der Waals surface area contributed by atoms with Crippen LogP contribution >= 0.6 is 0 Å². The average Bonchev–Trinajstić information content (AvgIpc) is 3.04. The van der Waals surface area contributed by atoms with Crippen molar-refractivity contribution in [2.45, 2.75) is 26.3 Å². The lowest BCUT2D eigenvalue weighted by Crippen LogP contribution is -2.25. The number of carbonyl (C=O) groups excluding carboxylic acids is 2. The van der Waals surface area contributed by atoms with Crippen LogP contribution in [0.2, 0.25) is 0 Å². The Labute approximate surface area is 128 Å². The first kappa shape index (κ1) is 15.7. The number of nitrogens with zero attached hydrogens (tertiary/aromatic N) is 2. The number of amides is 2. The van der Waals surface area contributed by atoms with E-state index in [0.29, 0.717) is 31.8 Å². The minimum Gasteiger partial charge on any atom is -0.356 e. The molecule has 0 aliphatic carbocycles. The molecule has 22 heavy (non-hydrogen) atoms. The Morgan fingerprint density at radius 1 is 1.18 bits per heavy atom. The zero-order valence-electron chi connectivity index (χ0n) is 12.3. The Hall–Kier alpha value is -2.70. The van der Waals surface area contributed by atoms with Crippen molar-refractivity contribution in [2.75, 3.05) is 6.54 Å². The van der Waals surface area contributed by atoms with E-state index in [1.165, 1.54) is 13.3 Å². The molecule has 0 aliphatic rings. The van der Waals surface area contributed by atoms with Crippen molar-refractivity contribution in [2.24, 2.45) is 0 Å². The third kappa shape index (κ3) is 5.01. The van der Waals surface area contributed by atoms with Gasteiger partial charge in [0.15, 0.2) is 0 Å². The van der Waals surface area contributed by atoms with E-state index in [1.54, 1.807) is 0 Å². The standard InChI is InChI=1S/C15H18N4O3/c1-11(20)16-8-2-3-14(21)17-9-12-4-6-13(7-5-12)15-18-10-22-19-15/h4-7,10H,2-3,8-9H2,1H3,(H,16,20)(H,17,21). The molecule has 0 saturated carbocycles. The zero-order chi connectivity index (χ0) is 15.8. The maximum atomic E-state index is 11.7. The number of hydrogen-bond acceptors (Lipinski definition) is 5. The first-order chi connectivity index (χ1) is 10.6. The average molecular weight is 302 g/mol. The van der Waals surface area contributed by atoms with Crippen molar-refractivity contribution in [3.63, 3.8) is 0 Å². The molecular formula is C15H18N4O3. The molecular weight excluding hydrogens is 284 g/mol. The highest BCUT2D eigenvalue weighted by Gasteiger charge is 2.04. The molecule has 0 saturated heterocycles. The van der Waals surface area contributed by atoms with Gasteiger partial charge in [0, 0.05) is 32.0 Å². The lowest BCUT2D eigenvalue weighted by atomic mass is 10.1. The van der Waals surface area contributed by atoms with Crippen molar-refractivity contribution in [3.05, 3.63) is 36.2 Å². The topological polar surface area (TPSA) is 97.1 Å². The van der Waals surface area contributed by atoms with E-state index in [9.17, 15) is 9.59 Å². The maximum absolute atomic E-state index is 11.7. The van der Waals surface area contributed by atoms with Gasteiger partial charge >= 0.3 is 0 Å². The van der Waals surface area contributed by atoms with Gasteiger partial charge in [0.1, 0.15) is 0 Å². The lowest BCUT2D eigenvalue weighted by Gasteiger charge is -2.06. The summed E-state index contributed by atoms with van der Waals surface area (Å²) in [6.45, 7) is 2.44. The third-order valence-corrected chi connectivity index (χ3v) is 3.02. The van der Waals surface area contributed by atoms with Crippen LogP contribution in [0.5, 0.6) is 0 Å². The smallest absolute Gasteiger partial charge is 0.220 e. The fraction of sp³-hybridized carbons (Fsp3) is 0.333. The highest BCUT2D eigenvalue weighted by atomic mass is 16.5. The van der Waals surface area contributed by atoms with Crippen LogP contribution in [0.15, 0.2) is 35.2 Å². The minimum absolute atomic E-state index is 0.0346. The van der Waals surface area contributed by atoms with E-state index >= 15 is 0 Å². The normalized spacial score (nSPS) is 10.2. The molecule has 2 rings (SSSR count). The van der Waals surface area contributed by atoms with Crippen molar-refractivity contribution in [3.8, 4) is 11.4 Å².